The zero-order chi connectivity index (χ0) is 11.4. The van der Waals surface area contributed by atoms with Crippen LogP contribution in [0.4, 0.5) is 0 Å². The summed E-state index contributed by atoms with van der Waals surface area (Å²) >= 11 is 0. The zero-order valence-corrected chi connectivity index (χ0v) is 9.27. The Hall–Kier alpha value is -0.680. The smallest absolute Gasteiger partial charge is 0.244 e. The molecule has 5 heteroatoms. The highest BCUT2D eigenvalue weighted by Crippen LogP contribution is 2.50. The van der Waals surface area contributed by atoms with Gasteiger partial charge in [0.1, 0.15) is 0 Å². The lowest BCUT2D eigenvalue weighted by Crippen LogP contribution is -2.69. The molecule has 4 unspecified atom stereocenters. The van der Waals surface area contributed by atoms with Crippen molar-refractivity contribution in [3.05, 3.63) is 10.1 Å². The molecule has 0 amide bonds. The normalized spacial score (nSPS) is 47.9. The first-order chi connectivity index (χ1) is 6.77. The molecular weight excluding hydrogens is 198 g/mol. The Morgan fingerprint density at radius 1 is 1.40 bits per heavy atom. The van der Waals surface area contributed by atoms with Gasteiger partial charge >= 0.3 is 0 Å². The molecule has 86 valence electrons. The monoisotopic (exact) mass is 215 g/mol. The Balaban J connectivity index is 2.36. The van der Waals surface area contributed by atoms with E-state index in [0.717, 1.165) is 0 Å². The summed E-state index contributed by atoms with van der Waals surface area (Å²) in [4.78, 5) is 10.6. The number of hydrogen-bond acceptors (Lipinski definition) is 4. The Labute approximate surface area is 88.6 Å². The van der Waals surface area contributed by atoms with Gasteiger partial charge < -0.3 is 9.84 Å². The highest BCUT2D eigenvalue weighted by Gasteiger charge is 2.63. The molecule has 2 heterocycles. The number of aliphatic hydroxyl groups excluding tert-OH is 1. The summed E-state index contributed by atoms with van der Waals surface area (Å²) < 4.78 is 5.75. The molecule has 0 radical (unpaired) electrons. The van der Waals surface area contributed by atoms with Crippen LogP contribution < -0.4 is 0 Å². The van der Waals surface area contributed by atoms with Crippen LogP contribution in [0.3, 0.4) is 0 Å². The molecule has 15 heavy (non-hydrogen) atoms. The van der Waals surface area contributed by atoms with Crippen LogP contribution in [0.15, 0.2) is 0 Å². The molecule has 4 atom stereocenters. The molecule has 0 spiro atoms. The van der Waals surface area contributed by atoms with Crippen molar-refractivity contribution in [1.29, 1.82) is 0 Å². The SMILES string of the molecule is CC1(C)OC2(C)C(O)CC1CC2[N+](=O)[O-]. The number of ether oxygens (including phenoxy) is 1. The summed E-state index contributed by atoms with van der Waals surface area (Å²) in [5, 5.41) is 20.8. The van der Waals surface area contributed by atoms with E-state index in [4.69, 9.17) is 4.74 Å². The molecule has 1 saturated carbocycles. The molecule has 2 bridgehead atoms. The van der Waals surface area contributed by atoms with Crippen LogP contribution in [-0.4, -0.2) is 33.4 Å². The van der Waals surface area contributed by atoms with Gasteiger partial charge in [-0.1, -0.05) is 0 Å². The van der Waals surface area contributed by atoms with Crippen LogP contribution in [0.1, 0.15) is 33.6 Å². The van der Waals surface area contributed by atoms with Gasteiger partial charge in [-0.25, -0.2) is 0 Å². The van der Waals surface area contributed by atoms with Gasteiger partial charge in [0.25, 0.3) is 0 Å². The Morgan fingerprint density at radius 3 is 2.53 bits per heavy atom. The summed E-state index contributed by atoms with van der Waals surface area (Å²) in [6.45, 7) is 5.54. The molecule has 0 aromatic carbocycles. The molecule has 2 aliphatic heterocycles. The maximum atomic E-state index is 10.9. The molecule has 5 nitrogen and oxygen atoms in total. The van der Waals surface area contributed by atoms with Gasteiger partial charge in [-0.05, 0) is 33.1 Å². The van der Waals surface area contributed by atoms with Crippen molar-refractivity contribution in [2.75, 3.05) is 0 Å². The largest absolute Gasteiger partial charge is 0.390 e. The van der Waals surface area contributed by atoms with Gasteiger partial charge in [0.2, 0.25) is 6.04 Å². The number of nitrogens with zero attached hydrogens (tertiary/aromatic N) is 1. The summed E-state index contributed by atoms with van der Waals surface area (Å²) in [7, 11) is 0. The van der Waals surface area contributed by atoms with Gasteiger partial charge in [-0.3, -0.25) is 10.1 Å². The first-order valence-electron chi connectivity index (χ1n) is 5.29. The Bertz CT molecular complexity index is 304. The average Bonchev–Trinajstić information content (AvgIpc) is 2.05. The number of nitro groups is 1. The second kappa shape index (κ2) is 2.92. The van der Waals surface area contributed by atoms with E-state index in [-0.39, 0.29) is 16.4 Å². The van der Waals surface area contributed by atoms with Crippen molar-refractivity contribution >= 4 is 0 Å². The van der Waals surface area contributed by atoms with Crippen LogP contribution >= 0.6 is 0 Å². The van der Waals surface area contributed by atoms with Crippen molar-refractivity contribution in [2.45, 2.75) is 57.0 Å². The summed E-state index contributed by atoms with van der Waals surface area (Å²) in [6.07, 6.45) is 0.390. The maximum absolute atomic E-state index is 10.9. The van der Waals surface area contributed by atoms with E-state index in [2.05, 4.69) is 0 Å². The molecule has 1 aliphatic carbocycles. The number of rotatable bonds is 1. The average molecular weight is 215 g/mol. The molecular formula is C10H17NO4. The number of hydrogen-bond donors (Lipinski definition) is 1. The third-order valence-electron chi connectivity index (χ3n) is 4.06. The number of aliphatic hydroxyl groups is 1. The second-order valence-electron chi connectivity index (χ2n) is 5.37. The lowest BCUT2D eigenvalue weighted by molar-refractivity contribution is -0.571. The maximum Gasteiger partial charge on any atom is 0.244 e. The minimum Gasteiger partial charge on any atom is -0.390 e. The lowest BCUT2D eigenvalue weighted by Gasteiger charge is -2.56. The molecule has 1 N–H and O–H groups in total. The summed E-state index contributed by atoms with van der Waals surface area (Å²) in [5.41, 5.74) is -1.39. The molecule has 2 saturated heterocycles. The minimum absolute atomic E-state index is 0.0738. The quantitative estimate of drug-likeness (QED) is 0.522. The van der Waals surface area contributed by atoms with Crippen molar-refractivity contribution in [1.82, 2.24) is 0 Å². The highest BCUT2D eigenvalue weighted by molar-refractivity contribution is 5.07. The van der Waals surface area contributed by atoms with Crippen molar-refractivity contribution in [3.63, 3.8) is 0 Å². The van der Waals surface area contributed by atoms with Gasteiger partial charge in [0, 0.05) is 11.3 Å². The standard InChI is InChI=1S/C10H17NO4/c1-9(2)6-4-7(11(13)14)10(3,15-9)8(12)5-6/h6-8,12H,4-5H2,1-3H3. The van der Waals surface area contributed by atoms with Gasteiger partial charge in [0.15, 0.2) is 5.60 Å². The molecule has 3 fully saturated rings. The lowest BCUT2D eigenvalue weighted by atomic mass is 9.65. The van der Waals surface area contributed by atoms with Gasteiger partial charge in [-0.15, -0.1) is 0 Å². The van der Waals surface area contributed by atoms with E-state index >= 15 is 0 Å². The molecule has 3 aliphatic rings. The topological polar surface area (TPSA) is 72.6 Å². The van der Waals surface area contributed by atoms with E-state index in [0.29, 0.717) is 12.8 Å². The molecule has 0 aromatic heterocycles. The van der Waals surface area contributed by atoms with E-state index in [1.807, 2.05) is 13.8 Å². The van der Waals surface area contributed by atoms with Crippen molar-refractivity contribution in [2.24, 2.45) is 5.92 Å². The fourth-order valence-electron chi connectivity index (χ4n) is 2.97. The summed E-state index contributed by atoms with van der Waals surface area (Å²) in [5.74, 6) is 0.0738. The van der Waals surface area contributed by atoms with Crippen LogP contribution in [-0.2, 0) is 4.74 Å². The van der Waals surface area contributed by atoms with Gasteiger partial charge in [-0.2, -0.15) is 0 Å². The third-order valence-corrected chi connectivity index (χ3v) is 4.06. The van der Waals surface area contributed by atoms with Crippen molar-refractivity contribution < 1.29 is 14.8 Å². The van der Waals surface area contributed by atoms with E-state index < -0.39 is 17.7 Å². The van der Waals surface area contributed by atoms with Crippen LogP contribution in [0.2, 0.25) is 0 Å². The Morgan fingerprint density at radius 2 is 2.00 bits per heavy atom. The Kier molecular flexibility index (Phi) is 2.11. The predicted octanol–water partition coefficient (Wildman–Crippen LogP) is 0.970. The summed E-state index contributed by atoms with van der Waals surface area (Å²) in [6, 6.07) is -0.778. The third kappa shape index (κ3) is 1.37. The van der Waals surface area contributed by atoms with Crippen molar-refractivity contribution in [3.8, 4) is 0 Å². The number of fused-ring (bicyclic) bond motifs is 3. The fraction of sp³-hybridized carbons (Fsp3) is 1.00. The fourth-order valence-corrected chi connectivity index (χ4v) is 2.97. The first-order valence-corrected chi connectivity index (χ1v) is 5.29. The van der Waals surface area contributed by atoms with Crippen LogP contribution in [0.5, 0.6) is 0 Å². The van der Waals surface area contributed by atoms with Gasteiger partial charge in [0.05, 0.1) is 11.7 Å². The minimum atomic E-state index is -1.03. The van der Waals surface area contributed by atoms with Crippen LogP contribution in [0.25, 0.3) is 0 Å². The highest BCUT2D eigenvalue weighted by atomic mass is 16.6. The molecule has 3 rings (SSSR count). The van der Waals surface area contributed by atoms with E-state index in [1.54, 1.807) is 6.92 Å². The second-order valence-corrected chi connectivity index (χ2v) is 5.37. The first kappa shape index (κ1) is 10.8. The van der Waals surface area contributed by atoms with E-state index in [1.165, 1.54) is 0 Å². The van der Waals surface area contributed by atoms with Crippen LogP contribution in [0, 0.1) is 16.0 Å². The zero-order valence-electron chi connectivity index (χ0n) is 9.27. The predicted molar refractivity (Wildman–Crippen MR) is 53.1 cm³/mol. The van der Waals surface area contributed by atoms with E-state index in [9.17, 15) is 15.2 Å². The molecule has 0 aromatic rings.